The van der Waals surface area contributed by atoms with Gasteiger partial charge in [0.1, 0.15) is 12.7 Å². The second-order valence-corrected chi connectivity index (χ2v) is 3.72. The van der Waals surface area contributed by atoms with Crippen LogP contribution >= 0.6 is 0 Å². The van der Waals surface area contributed by atoms with Gasteiger partial charge in [0.25, 0.3) is 17.5 Å². The maximum atomic E-state index is 12.3. The van der Waals surface area contributed by atoms with Crippen LogP contribution in [-0.4, -0.2) is 22.4 Å². The Kier molecular flexibility index (Phi) is 2.91. The van der Waals surface area contributed by atoms with Crippen LogP contribution in [0, 0.1) is 0 Å². The number of hydrogen-bond acceptors (Lipinski definition) is 3. The Morgan fingerprint density at radius 3 is 2.82 bits per heavy atom. The predicted molar refractivity (Wildman–Crippen MR) is 60.8 cm³/mol. The van der Waals surface area contributed by atoms with Crippen molar-refractivity contribution in [1.82, 2.24) is 9.55 Å². The van der Waals surface area contributed by atoms with Gasteiger partial charge in [-0.05, 0) is 6.07 Å². The highest BCUT2D eigenvalue weighted by molar-refractivity contribution is 6.05. The average molecular weight is 232 g/mol. The number of rotatable bonds is 3. The van der Waals surface area contributed by atoms with E-state index in [4.69, 9.17) is 4.74 Å². The highest BCUT2D eigenvalue weighted by Gasteiger charge is 2.22. The van der Waals surface area contributed by atoms with Crippen molar-refractivity contribution in [1.29, 1.82) is 0 Å². The molecule has 0 aliphatic carbocycles. The lowest BCUT2D eigenvalue weighted by Crippen LogP contribution is -2.36. The van der Waals surface area contributed by atoms with Gasteiger partial charge in [0, 0.05) is 19.2 Å². The van der Waals surface area contributed by atoms with E-state index in [2.05, 4.69) is 4.98 Å². The molecule has 0 saturated heterocycles. The number of methoxy groups -OCH3 is 1. The smallest absolute Gasteiger partial charge is 0.296 e. The van der Waals surface area contributed by atoms with Crippen molar-refractivity contribution in [2.75, 3.05) is 7.11 Å². The van der Waals surface area contributed by atoms with Gasteiger partial charge in [-0.2, -0.15) is 4.57 Å². The molecule has 2 heterocycles. The van der Waals surface area contributed by atoms with E-state index in [9.17, 15) is 4.79 Å². The molecular weight excluding hydrogens is 218 g/mol. The van der Waals surface area contributed by atoms with Crippen molar-refractivity contribution in [3.63, 3.8) is 0 Å². The summed E-state index contributed by atoms with van der Waals surface area (Å²) in [4.78, 5) is 16.3. The van der Waals surface area contributed by atoms with Crippen molar-refractivity contribution in [2.45, 2.75) is 0 Å². The van der Waals surface area contributed by atoms with Crippen molar-refractivity contribution >= 4 is 5.78 Å². The number of imidazole rings is 1. The summed E-state index contributed by atoms with van der Waals surface area (Å²) in [6.45, 7) is 0. The summed E-state index contributed by atoms with van der Waals surface area (Å²) in [5.74, 6) is -0.0774. The zero-order valence-corrected chi connectivity index (χ0v) is 10.0. The molecule has 0 unspecified atom stereocenters. The van der Waals surface area contributed by atoms with Gasteiger partial charge in [-0.1, -0.05) is 0 Å². The van der Waals surface area contributed by atoms with Crippen LogP contribution in [0.5, 0.6) is 6.01 Å². The lowest BCUT2D eigenvalue weighted by atomic mass is 10.2. The minimum absolute atomic E-state index is 0.0774. The second-order valence-electron chi connectivity index (χ2n) is 3.72. The maximum Gasteiger partial charge on any atom is 0.296 e. The molecule has 5 heteroatoms. The Labute approximate surface area is 99.3 Å². The van der Waals surface area contributed by atoms with E-state index in [1.807, 2.05) is 25.4 Å². The third kappa shape index (κ3) is 1.91. The fourth-order valence-electron chi connectivity index (χ4n) is 1.68. The molecule has 2 rings (SSSR count). The first-order chi connectivity index (χ1) is 8.15. The number of carbonyl (C=O) groups excluding carboxylic acids is 1. The Bertz CT molecular complexity index is 561. The van der Waals surface area contributed by atoms with Crippen LogP contribution in [0.1, 0.15) is 16.2 Å². The fraction of sp³-hybridized carbons (Fsp3) is 0.250. The highest BCUT2D eigenvalue weighted by Crippen LogP contribution is 2.12. The zero-order valence-electron chi connectivity index (χ0n) is 10.0. The number of aromatic nitrogens is 3. The van der Waals surface area contributed by atoms with Crippen LogP contribution in [0.15, 0.2) is 30.6 Å². The summed E-state index contributed by atoms with van der Waals surface area (Å²) < 4.78 is 8.45. The van der Waals surface area contributed by atoms with Crippen LogP contribution in [0.3, 0.4) is 0 Å². The SMILES string of the molecule is COc1ncc(C(=O)c2cccc[n+]2C)n1C. The Morgan fingerprint density at radius 2 is 2.24 bits per heavy atom. The van der Waals surface area contributed by atoms with E-state index in [0.717, 1.165) is 0 Å². The first-order valence-corrected chi connectivity index (χ1v) is 5.20. The number of ketones is 1. The van der Waals surface area contributed by atoms with E-state index in [1.165, 1.54) is 13.3 Å². The second kappa shape index (κ2) is 4.37. The van der Waals surface area contributed by atoms with Gasteiger partial charge in [0.2, 0.25) is 0 Å². The molecule has 0 N–H and O–H groups in total. The van der Waals surface area contributed by atoms with E-state index in [0.29, 0.717) is 17.4 Å². The highest BCUT2D eigenvalue weighted by atomic mass is 16.5. The third-order valence-corrected chi connectivity index (χ3v) is 2.65. The summed E-state index contributed by atoms with van der Waals surface area (Å²) >= 11 is 0. The molecule has 0 aliphatic rings. The number of pyridine rings is 1. The van der Waals surface area contributed by atoms with Gasteiger partial charge in [-0.25, -0.2) is 4.98 Å². The number of ether oxygens (including phenoxy) is 1. The summed E-state index contributed by atoms with van der Waals surface area (Å²) in [5.41, 5.74) is 1.11. The molecule has 0 spiro atoms. The predicted octanol–water partition coefficient (Wildman–Crippen LogP) is 0.484. The van der Waals surface area contributed by atoms with Crippen molar-refractivity contribution in [3.8, 4) is 6.01 Å². The minimum atomic E-state index is -0.0774. The van der Waals surface area contributed by atoms with Crippen LogP contribution < -0.4 is 9.30 Å². The van der Waals surface area contributed by atoms with Crippen molar-refractivity contribution in [3.05, 3.63) is 42.0 Å². The van der Waals surface area contributed by atoms with E-state index < -0.39 is 0 Å². The average Bonchev–Trinajstić information content (AvgIpc) is 2.70. The van der Waals surface area contributed by atoms with E-state index in [1.54, 1.807) is 22.2 Å². The molecule has 2 aromatic heterocycles. The monoisotopic (exact) mass is 232 g/mol. The molecule has 0 aromatic carbocycles. The fourth-order valence-corrected chi connectivity index (χ4v) is 1.68. The van der Waals surface area contributed by atoms with Crippen LogP contribution in [0.25, 0.3) is 0 Å². The lowest BCUT2D eigenvalue weighted by molar-refractivity contribution is -0.673. The maximum absolute atomic E-state index is 12.3. The van der Waals surface area contributed by atoms with E-state index in [-0.39, 0.29) is 5.78 Å². The minimum Gasteiger partial charge on any atom is -0.468 e. The molecule has 0 fully saturated rings. The number of aryl methyl sites for hydroxylation is 1. The molecule has 88 valence electrons. The normalized spacial score (nSPS) is 10.3. The van der Waals surface area contributed by atoms with Gasteiger partial charge in [0.15, 0.2) is 6.20 Å². The van der Waals surface area contributed by atoms with Crippen LogP contribution in [0.4, 0.5) is 0 Å². The Balaban J connectivity index is 2.44. The molecule has 17 heavy (non-hydrogen) atoms. The van der Waals surface area contributed by atoms with E-state index >= 15 is 0 Å². The first kappa shape index (κ1) is 11.3. The molecule has 0 amide bonds. The quantitative estimate of drug-likeness (QED) is 0.571. The Hall–Kier alpha value is -2.17. The zero-order chi connectivity index (χ0) is 12.4. The van der Waals surface area contributed by atoms with Crippen molar-refractivity contribution < 1.29 is 14.1 Å². The molecule has 0 saturated carbocycles. The summed E-state index contributed by atoms with van der Waals surface area (Å²) in [6, 6.07) is 5.91. The molecule has 0 bridgehead atoms. The molecule has 2 aromatic rings. The van der Waals surface area contributed by atoms with Crippen molar-refractivity contribution in [2.24, 2.45) is 14.1 Å². The molecule has 0 aliphatic heterocycles. The molecular formula is C12H14N3O2+. The standard InChI is InChI=1S/C12H14N3O2/c1-14-7-5-4-6-9(14)11(16)10-8-13-12(17-3)15(10)2/h4-8H,1-3H3/q+1. The van der Waals surface area contributed by atoms with Gasteiger partial charge in [-0.3, -0.25) is 9.36 Å². The van der Waals surface area contributed by atoms with Crippen LogP contribution in [0.2, 0.25) is 0 Å². The molecule has 5 nitrogen and oxygen atoms in total. The largest absolute Gasteiger partial charge is 0.468 e. The first-order valence-electron chi connectivity index (χ1n) is 5.20. The summed E-state index contributed by atoms with van der Waals surface area (Å²) in [5, 5.41) is 0. The summed E-state index contributed by atoms with van der Waals surface area (Å²) in [7, 11) is 5.11. The molecule has 0 atom stereocenters. The lowest BCUT2D eigenvalue weighted by Gasteiger charge is -2.02. The number of carbonyl (C=O) groups is 1. The van der Waals surface area contributed by atoms with Gasteiger partial charge in [0.05, 0.1) is 13.3 Å². The number of nitrogens with zero attached hydrogens (tertiary/aromatic N) is 3. The number of hydrogen-bond donors (Lipinski definition) is 0. The van der Waals surface area contributed by atoms with Crippen LogP contribution in [-0.2, 0) is 14.1 Å². The Morgan fingerprint density at radius 1 is 1.47 bits per heavy atom. The molecule has 0 radical (unpaired) electrons. The van der Waals surface area contributed by atoms with Gasteiger partial charge < -0.3 is 4.74 Å². The summed E-state index contributed by atoms with van der Waals surface area (Å²) in [6.07, 6.45) is 3.36. The van der Waals surface area contributed by atoms with Gasteiger partial charge in [-0.15, -0.1) is 0 Å². The third-order valence-electron chi connectivity index (χ3n) is 2.65. The van der Waals surface area contributed by atoms with Gasteiger partial charge >= 0.3 is 0 Å². The topological polar surface area (TPSA) is 48.0 Å².